The lowest BCUT2D eigenvalue weighted by molar-refractivity contribution is -0.116. The van der Waals surface area contributed by atoms with Gasteiger partial charge >= 0.3 is 0 Å². The lowest BCUT2D eigenvalue weighted by Crippen LogP contribution is -2.37. The van der Waals surface area contributed by atoms with Crippen molar-refractivity contribution < 1.29 is 14.6 Å². The molecule has 2 atom stereocenters. The molecule has 0 aliphatic carbocycles. The summed E-state index contributed by atoms with van der Waals surface area (Å²) < 4.78 is 5.22. The molecule has 0 saturated heterocycles. The maximum absolute atomic E-state index is 12.2. The minimum Gasteiger partial charge on any atom is -0.495 e. The van der Waals surface area contributed by atoms with Crippen LogP contribution in [0.5, 0.6) is 5.75 Å². The lowest BCUT2D eigenvalue weighted by atomic mass is 10.1. The third kappa shape index (κ3) is 6.57. The van der Waals surface area contributed by atoms with E-state index in [0.717, 1.165) is 5.56 Å². The van der Waals surface area contributed by atoms with Crippen LogP contribution in [-0.2, 0) is 11.2 Å². The molecule has 0 saturated carbocycles. The minimum atomic E-state index is -0.484. The average molecular weight is 342 g/mol. The number of anilines is 1. The van der Waals surface area contributed by atoms with E-state index in [2.05, 4.69) is 10.6 Å². The van der Waals surface area contributed by atoms with Crippen LogP contribution in [0.4, 0.5) is 5.69 Å². The van der Waals surface area contributed by atoms with Crippen molar-refractivity contribution in [3.8, 4) is 5.75 Å². The number of ether oxygens (including phenoxy) is 1. The molecule has 0 aromatic heterocycles. The van der Waals surface area contributed by atoms with Gasteiger partial charge in [0.1, 0.15) is 5.75 Å². The number of amides is 1. The molecular formula is C20H26N2O3. The summed E-state index contributed by atoms with van der Waals surface area (Å²) in [6.07, 6.45) is 0.423. The molecular weight excluding hydrogens is 316 g/mol. The van der Waals surface area contributed by atoms with Gasteiger partial charge in [-0.05, 0) is 31.0 Å². The van der Waals surface area contributed by atoms with E-state index >= 15 is 0 Å². The molecule has 0 aliphatic heterocycles. The summed E-state index contributed by atoms with van der Waals surface area (Å²) in [7, 11) is 1.57. The van der Waals surface area contributed by atoms with Crippen molar-refractivity contribution in [2.45, 2.75) is 31.9 Å². The summed E-state index contributed by atoms with van der Waals surface area (Å²) in [6.45, 7) is 2.37. The van der Waals surface area contributed by atoms with Crippen LogP contribution in [0.25, 0.3) is 0 Å². The van der Waals surface area contributed by atoms with Crippen LogP contribution in [0.1, 0.15) is 18.9 Å². The molecule has 0 bridgehead atoms. The minimum absolute atomic E-state index is 0.0415. The number of hydrogen-bond donors (Lipinski definition) is 3. The zero-order valence-electron chi connectivity index (χ0n) is 14.7. The fraction of sp³-hybridized carbons (Fsp3) is 0.350. The summed E-state index contributed by atoms with van der Waals surface area (Å²) in [5.74, 6) is 0.539. The molecule has 1 amide bonds. The molecule has 0 fully saturated rings. The Labute approximate surface area is 149 Å². The largest absolute Gasteiger partial charge is 0.495 e. The number of carbonyl (C=O) groups excluding carboxylic acids is 1. The molecule has 3 N–H and O–H groups in total. The lowest BCUT2D eigenvalue weighted by Gasteiger charge is -2.17. The van der Waals surface area contributed by atoms with Gasteiger partial charge in [0.15, 0.2) is 0 Å². The van der Waals surface area contributed by atoms with Gasteiger partial charge in [-0.25, -0.2) is 0 Å². The topological polar surface area (TPSA) is 70.6 Å². The summed E-state index contributed by atoms with van der Waals surface area (Å²) in [4.78, 5) is 12.2. The molecule has 2 aromatic carbocycles. The van der Waals surface area contributed by atoms with Gasteiger partial charge in [-0.1, -0.05) is 42.5 Å². The summed E-state index contributed by atoms with van der Waals surface area (Å²) in [6, 6.07) is 17.1. The normalized spacial score (nSPS) is 13.1. The van der Waals surface area contributed by atoms with Crippen molar-refractivity contribution in [2.75, 3.05) is 19.0 Å². The summed E-state index contributed by atoms with van der Waals surface area (Å²) in [5, 5.41) is 16.2. The monoisotopic (exact) mass is 342 g/mol. The van der Waals surface area contributed by atoms with Crippen molar-refractivity contribution in [1.82, 2.24) is 5.32 Å². The Balaban J connectivity index is 1.74. The maximum atomic E-state index is 12.2. The van der Waals surface area contributed by atoms with Crippen LogP contribution in [0.2, 0.25) is 0 Å². The van der Waals surface area contributed by atoms with Gasteiger partial charge in [0.25, 0.3) is 0 Å². The van der Waals surface area contributed by atoms with Crippen molar-refractivity contribution in [3.63, 3.8) is 0 Å². The molecule has 0 heterocycles. The number of rotatable bonds is 9. The second-order valence-corrected chi connectivity index (χ2v) is 6.11. The zero-order valence-corrected chi connectivity index (χ0v) is 14.7. The number of para-hydroxylation sites is 2. The Kier molecular flexibility index (Phi) is 7.44. The van der Waals surface area contributed by atoms with Gasteiger partial charge in [0.05, 0.1) is 18.9 Å². The van der Waals surface area contributed by atoms with Crippen LogP contribution in [0, 0.1) is 0 Å². The first-order valence-corrected chi connectivity index (χ1v) is 8.46. The van der Waals surface area contributed by atoms with Crippen LogP contribution in [-0.4, -0.2) is 36.8 Å². The van der Waals surface area contributed by atoms with Gasteiger partial charge in [-0.2, -0.15) is 0 Å². The fourth-order valence-electron chi connectivity index (χ4n) is 2.59. The molecule has 25 heavy (non-hydrogen) atoms. The number of aliphatic hydroxyl groups is 1. The van der Waals surface area contributed by atoms with E-state index in [0.29, 0.717) is 30.8 Å². The standard InChI is InChI=1S/C20H26N2O3/c1-15(21-14-17(23)13-16-8-4-3-5-9-16)12-20(24)22-18-10-6-7-11-19(18)25-2/h3-11,15,17,21,23H,12-14H2,1-2H3,(H,22,24). The van der Waals surface area contributed by atoms with Crippen molar-refractivity contribution in [3.05, 3.63) is 60.2 Å². The number of hydrogen-bond acceptors (Lipinski definition) is 4. The molecule has 134 valence electrons. The van der Waals surface area contributed by atoms with E-state index in [9.17, 15) is 9.90 Å². The Morgan fingerprint density at radius 3 is 2.52 bits per heavy atom. The summed E-state index contributed by atoms with van der Waals surface area (Å²) >= 11 is 0. The number of nitrogens with one attached hydrogen (secondary N) is 2. The van der Waals surface area contributed by atoms with Crippen molar-refractivity contribution in [2.24, 2.45) is 0 Å². The summed E-state index contributed by atoms with van der Waals surface area (Å²) in [5.41, 5.74) is 1.75. The molecule has 0 aliphatic rings. The van der Waals surface area contributed by atoms with E-state index in [1.165, 1.54) is 0 Å². The van der Waals surface area contributed by atoms with Crippen LogP contribution < -0.4 is 15.4 Å². The fourth-order valence-corrected chi connectivity index (χ4v) is 2.59. The molecule has 2 aromatic rings. The molecule has 2 unspecified atom stereocenters. The second-order valence-electron chi connectivity index (χ2n) is 6.11. The number of methoxy groups -OCH3 is 1. The molecule has 0 radical (unpaired) electrons. The van der Waals surface area contributed by atoms with Crippen molar-refractivity contribution in [1.29, 1.82) is 0 Å². The van der Waals surface area contributed by atoms with Gasteiger partial charge in [0, 0.05) is 19.0 Å². The smallest absolute Gasteiger partial charge is 0.226 e. The first kappa shape index (κ1) is 19.0. The highest BCUT2D eigenvalue weighted by Gasteiger charge is 2.13. The van der Waals surface area contributed by atoms with Gasteiger partial charge in [0.2, 0.25) is 5.91 Å². The predicted octanol–water partition coefficient (Wildman–Crippen LogP) is 2.61. The maximum Gasteiger partial charge on any atom is 0.226 e. The average Bonchev–Trinajstić information content (AvgIpc) is 2.61. The Hall–Kier alpha value is -2.37. The first-order valence-electron chi connectivity index (χ1n) is 8.46. The number of aliphatic hydroxyl groups excluding tert-OH is 1. The van der Waals surface area contributed by atoms with E-state index < -0.39 is 6.10 Å². The number of benzene rings is 2. The van der Waals surface area contributed by atoms with Crippen LogP contribution >= 0.6 is 0 Å². The van der Waals surface area contributed by atoms with Gasteiger partial charge < -0.3 is 20.5 Å². The van der Waals surface area contributed by atoms with Crippen molar-refractivity contribution >= 4 is 11.6 Å². The van der Waals surface area contributed by atoms with Crippen LogP contribution in [0.3, 0.4) is 0 Å². The SMILES string of the molecule is COc1ccccc1NC(=O)CC(C)NCC(O)Cc1ccccc1. The molecule has 0 spiro atoms. The quantitative estimate of drug-likeness (QED) is 0.655. The van der Waals surface area contributed by atoms with E-state index in [-0.39, 0.29) is 11.9 Å². The first-order chi connectivity index (χ1) is 12.1. The third-order valence-corrected chi connectivity index (χ3v) is 3.89. The molecule has 5 nitrogen and oxygen atoms in total. The Morgan fingerprint density at radius 2 is 1.80 bits per heavy atom. The highest BCUT2D eigenvalue weighted by molar-refractivity contribution is 5.92. The zero-order chi connectivity index (χ0) is 18.1. The van der Waals surface area contributed by atoms with E-state index in [1.807, 2.05) is 49.4 Å². The predicted molar refractivity (Wildman–Crippen MR) is 99.9 cm³/mol. The van der Waals surface area contributed by atoms with E-state index in [1.54, 1.807) is 19.2 Å². The Morgan fingerprint density at radius 1 is 1.12 bits per heavy atom. The highest BCUT2D eigenvalue weighted by Crippen LogP contribution is 2.23. The third-order valence-electron chi connectivity index (χ3n) is 3.89. The molecule has 2 rings (SSSR count). The Bertz CT molecular complexity index is 661. The second kappa shape index (κ2) is 9.81. The molecule has 5 heteroatoms. The van der Waals surface area contributed by atoms with Gasteiger partial charge in [-0.15, -0.1) is 0 Å². The highest BCUT2D eigenvalue weighted by atomic mass is 16.5. The van der Waals surface area contributed by atoms with E-state index in [4.69, 9.17) is 4.74 Å². The van der Waals surface area contributed by atoms with Gasteiger partial charge in [-0.3, -0.25) is 4.79 Å². The number of carbonyl (C=O) groups is 1. The van der Waals surface area contributed by atoms with Crippen LogP contribution in [0.15, 0.2) is 54.6 Å².